The highest BCUT2D eigenvalue weighted by Crippen LogP contribution is 2.48. The fourth-order valence-electron chi connectivity index (χ4n) is 9.28. The third-order valence-electron chi connectivity index (χ3n) is 11.4. The number of aromatic nitrogens is 2. The van der Waals surface area contributed by atoms with Crippen LogP contribution in [0, 0.1) is 11.6 Å². The number of hydrogen-bond acceptors (Lipinski definition) is 8. The third kappa shape index (κ3) is 4.49. The molecule has 5 aliphatic rings. The molecule has 4 fully saturated rings. The Morgan fingerprint density at radius 3 is 2.87 bits per heavy atom. The first-order valence-corrected chi connectivity index (χ1v) is 17.0. The first-order valence-electron chi connectivity index (χ1n) is 17.0. The molecule has 1 aromatic heterocycles. The largest absolute Gasteiger partial charge is 0.508 e. The van der Waals surface area contributed by atoms with Crippen molar-refractivity contribution in [3.63, 3.8) is 0 Å². The lowest BCUT2D eigenvalue weighted by molar-refractivity contribution is 0.107. The zero-order valence-electron chi connectivity index (χ0n) is 26.4. The lowest BCUT2D eigenvalue weighted by Crippen LogP contribution is -2.59. The van der Waals surface area contributed by atoms with Gasteiger partial charge in [-0.2, -0.15) is 9.97 Å². The predicted molar refractivity (Wildman–Crippen MR) is 173 cm³/mol. The summed E-state index contributed by atoms with van der Waals surface area (Å²) in [5.74, 6) is -1.50. The number of phenols is 1. The fraction of sp³-hybridized carbons (Fsp3) is 0.500. The molecule has 8 nitrogen and oxygen atoms in total. The van der Waals surface area contributed by atoms with Crippen molar-refractivity contribution in [1.29, 1.82) is 0 Å². The molecule has 4 aromatic rings. The molecule has 9 rings (SSSR count). The van der Waals surface area contributed by atoms with E-state index >= 15 is 8.78 Å². The highest BCUT2D eigenvalue weighted by atomic mass is 19.1. The number of aromatic hydroxyl groups is 1. The highest BCUT2D eigenvalue weighted by Gasteiger charge is 2.50. The maximum atomic E-state index is 17.2. The second-order valence-electron chi connectivity index (χ2n) is 14.0. The summed E-state index contributed by atoms with van der Waals surface area (Å²) in [5.41, 5.74) is 0.285. The summed E-state index contributed by atoms with van der Waals surface area (Å²) < 4.78 is 61.3. The second-order valence-corrected chi connectivity index (χ2v) is 14.0. The van der Waals surface area contributed by atoms with Crippen LogP contribution in [0.4, 0.5) is 19.0 Å². The van der Waals surface area contributed by atoms with Gasteiger partial charge in [0, 0.05) is 44.1 Å². The summed E-state index contributed by atoms with van der Waals surface area (Å²) in [6, 6.07) is 9.09. The van der Waals surface area contributed by atoms with Crippen molar-refractivity contribution >= 4 is 27.5 Å². The lowest BCUT2D eigenvalue weighted by Gasteiger charge is -2.43. The Kier molecular flexibility index (Phi) is 6.77. The molecule has 0 radical (unpaired) electrons. The van der Waals surface area contributed by atoms with Gasteiger partial charge in [0.05, 0.1) is 23.1 Å². The molecule has 2 bridgehead atoms. The number of aryl methyl sites for hydroxylation is 1. The molecule has 5 unspecified atom stereocenters. The van der Waals surface area contributed by atoms with E-state index in [2.05, 4.69) is 20.1 Å². The molecule has 11 heteroatoms. The number of rotatable bonds is 5. The van der Waals surface area contributed by atoms with Gasteiger partial charge in [-0.1, -0.05) is 25.1 Å². The number of benzene rings is 3. The highest BCUT2D eigenvalue weighted by molar-refractivity contribution is 6.05. The Hall–Kier alpha value is -3.83. The minimum Gasteiger partial charge on any atom is -0.508 e. The van der Waals surface area contributed by atoms with Crippen molar-refractivity contribution in [1.82, 2.24) is 20.2 Å². The number of nitrogens with one attached hydrogen (secondary N) is 1. The number of anilines is 1. The van der Waals surface area contributed by atoms with Gasteiger partial charge in [0.15, 0.2) is 17.4 Å². The van der Waals surface area contributed by atoms with Crippen LogP contribution >= 0.6 is 0 Å². The predicted octanol–water partition coefficient (Wildman–Crippen LogP) is 6.04. The molecule has 4 saturated heterocycles. The molecule has 6 heterocycles. The monoisotopic (exact) mass is 645 g/mol. The lowest BCUT2D eigenvalue weighted by atomic mass is 9.91. The molecular formula is C36H38F3N5O3. The van der Waals surface area contributed by atoms with Gasteiger partial charge in [0.2, 0.25) is 0 Å². The van der Waals surface area contributed by atoms with Crippen LogP contribution in [0.1, 0.15) is 51.0 Å². The first-order chi connectivity index (χ1) is 22.8. The van der Waals surface area contributed by atoms with Crippen LogP contribution in [0.25, 0.3) is 32.8 Å². The van der Waals surface area contributed by atoms with Crippen molar-refractivity contribution in [2.75, 3.05) is 37.7 Å². The number of halogens is 3. The van der Waals surface area contributed by atoms with E-state index in [0.29, 0.717) is 48.9 Å². The Bertz CT molecular complexity index is 1930. The van der Waals surface area contributed by atoms with E-state index in [-0.39, 0.29) is 70.9 Å². The quantitative estimate of drug-likeness (QED) is 0.272. The van der Waals surface area contributed by atoms with Gasteiger partial charge in [0.25, 0.3) is 0 Å². The fourth-order valence-corrected chi connectivity index (χ4v) is 9.28. The van der Waals surface area contributed by atoms with Crippen molar-refractivity contribution in [3.05, 3.63) is 47.5 Å². The van der Waals surface area contributed by atoms with Gasteiger partial charge in [-0.25, -0.2) is 13.2 Å². The summed E-state index contributed by atoms with van der Waals surface area (Å²) in [6.07, 6.45) is 4.50. The van der Waals surface area contributed by atoms with Crippen molar-refractivity contribution in [2.45, 2.75) is 81.7 Å². The van der Waals surface area contributed by atoms with Crippen molar-refractivity contribution < 1.29 is 27.8 Å². The van der Waals surface area contributed by atoms with Gasteiger partial charge in [-0.05, 0) is 72.7 Å². The zero-order chi connectivity index (χ0) is 32.0. The number of ether oxygens (including phenoxy) is 2. The van der Waals surface area contributed by atoms with E-state index in [1.807, 2.05) is 25.1 Å². The molecule has 0 saturated carbocycles. The van der Waals surface area contributed by atoms with E-state index in [1.165, 1.54) is 6.07 Å². The average molecular weight is 646 g/mol. The van der Waals surface area contributed by atoms with Gasteiger partial charge >= 0.3 is 6.01 Å². The molecule has 0 spiro atoms. The standard InChI is InChI=1S/C36H38F3N5O3/c1-2-19-5-3-6-20-13-23(45)14-24(27(19)20)28-30(38)32-29-33(31(28)39)46-12-9-26-25-8-7-22(40-25)17-44(26)34(29)42-35(41-32)47-18-36-10-4-11-43(36)16-21(37)15-36/h3,5-6,13-14,21-22,25-26,40,45H,2,4,7-12,15-18H2,1H3. The Morgan fingerprint density at radius 1 is 1.11 bits per heavy atom. The van der Waals surface area contributed by atoms with Crippen molar-refractivity contribution in [3.8, 4) is 28.6 Å². The molecular weight excluding hydrogens is 607 g/mol. The molecule has 0 aliphatic carbocycles. The van der Waals surface area contributed by atoms with E-state index in [1.54, 1.807) is 6.07 Å². The molecule has 5 atom stereocenters. The Labute approximate surface area is 270 Å². The number of alkyl halides is 1. The summed E-state index contributed by atoms with van der Waals surface area (Å²) in [6.45, 7) is 4.24. The average Bonchev–Trinajstić information content (AvgIpc) is 3.72. The summed E-state index contributed by atoms with van der Waals surface area (Å²) >= 11 is 0. The van der Waals surface area contributed by atoms with E-state index in [0.717, 1.165) is 37.8 Å². The number of hydrogen-bond donors (Lipinski definition) is 2. The van der Waals surface area contributed by atoms with Gasteiger partial charge in [0.1, 0.15) is 29.9 Å². The van der Waals surface area contributed by atoms with Crippen LogP contribution in [0.3, 0.4) is 0 Å². The maximum Gasteiger partial charge on any atom is 0.319 e. The van der Waals surface area contributed by atoms with Gasteiger partial charge in [-0.3, -0.25) is 4.90 Å². The molecule has 246 valence electrons. The van der Waals surface area contributed by atoms with Gasteiger partial charge < -0.3 is 24.8 Å². The zero-order valence-corrected chi connectivity index (χ0v) is 26.4. The minimum absolute atomic E-state index is 0.0151. The number of piperazine rings is 1. The van der Waals surface area contributed by atoms with Crippen LogP contribution in [0.2, 0.25) is 0 Å². The molecule has 3 aromatic carbocycles. The van der Waals surface area contributed by atoms with Crippen LogP contribution < -0.4 is 19.7 Å². The number of phenolic OH excluding ortho intramolecular Hbond substituents is 1. The van der Waals surface area contributed by atoms with E-state index in [9.17, 15) is 9.50 Å². The smallest absolute Gasteiger partial charge is 0.319 e. The molecule has 0 amide bonds. The Morgan fingerprint density at radius 2 is 2.00 bits per heavy atom. The van der Waals surface area contributed by atoms with Gasteiger partial charge in [-0.15, -0.1) is 0 Å². The van der Waals surface area contributed by atoms with E-state index < -0.39 is 23.3 Å². The maximum absolute atomic E-state index is 17.2. The number of fused-ring (bicyclic) bond motifs is 7. The van der Waals surface area contributed by atoms with E-state index in [4.69, 9.17) is 14.5 Å². The second kappa shape index (κ2) is 10.8. The third-order valence-corrected chi connectivity index (χ3v) is 11.4. The Balaban J connectivity index is 1.27. The topological polar surface area (TPSA) is 83.0 Å². The summed E-state index contributed by atoms with van der Waals surface area (Å²) in [4.78, 5) is 13.8. The van der Waals surface area contributed by atoms with Crippen LogP contribution in [0.5, 0.6) is 17.5 Å². The normalized spacial score (nSPS) is 28.3. The summed E-state index contributed by atoms with van der Waals surface area (Å²) in [5, 5.41) is 16.0. The molecule has 47 heavy (non-hydrogen) atoms. The van der Waals surface area contributed by atoms with Crippen LogP contribution in [-0.2, 0) is 6.42 Å². The minimum atomic E-state index is -0.922. The summed E-state index contributed by atoms with van der Waals surface area (Å²) in [7, 11) is 0. The van der Waals surface area contributed by atoms with Crippen LogP contribution in [0.15, 0.2) is 30.3 Å². The molecule has 2 N–H and O–H groups in total. The molecule has 5 aliphatic heterocycles. The first kappa shape index (κ1) is 29.3. The van der Waals surface area contributed by atoms with Crippen LogP contribution in [-0.4, -0.2) is 82.7 Å². The SMILES string of the molecule is CCc1cccc2cc(O)cc(-c3c(F)c4c5c(nc(OCC67CCCN6CC(F)C7)nc5c3F)N3CC5CCC(N5)C3CCO4)c12. The van der Waals surface area contributed by atoms with Crippen molar-refractivity contribution in [2.24, 2.45) is 0 Å². The number of nitrogens with zero attached hydrogens (tertiary/aromatic N) is 4.